The Morgan fingerprint density at radius 3 is 1.93 bits per heavy atom. The number of methoxy groups -OCH3 is 3. The molecule has 0 atom stereocenters. The van der Waals surface area contributed by atoms with Crippen LogP contribution >= 0.6 is 0 Å². The number of rotatable bonds is 5. The maximum absolute atomic E-state index is 13.1. The molecule has 2 aromatic carbocycles. The number of phenolic OH excluding ortho intramolecular Hbond substituents is 1. The molecule has 0 aromatic heterocycles. The van der Waals surface area contributed by atoms with Crippen LogP contribution in [0.1, 0.15) is 27.1 Å². The predicted octanol–water partition coefficient (Wildman–Crippen LogP) is 2.41. The van der Waals surface area contributed by atoms with Crippen LogP contribution in [-0.2, 0) is 0 Å². The summed E-state index contributed by atoms with van der Waals surface area (Å²) >= 11 is 0. The van der Waals surface area contributed by atoms with E-state index in [0.29, 0.717) is 55.4 Å². The molecule has 0 bridgehead atoms. The molecule has 1 aliphatic heterocycles. The molecule has 1 heterocycles. The smallest absolute Gasteiger partial charge is 0.257 e. The van der Waals surface area contributed by atoms with Crippen molar-refractivity contribution in [3.8, 4) is 23.0 Å². The summed E-state index contributed by atoms with van der Waals surface area (Å²) in [7, 11) is 4.51. The van der Waals surface area contributed by atoms with Gasteiger partial charge in [-0.05, 0) is 30.7 Å². The van der Waals surface area contributed by atoms with Crippen LogP contribution in [0.5, 0.6) is 23.0 Å². The van der Waals surface area contributed by atoms with Crippen molar-refractivity contribution in [2.75, 3.05) is 47.5 Å². The molecule has 0 unspecified atom stereocenters. The lowest BCUT2D eigenvalue weighted by Gasteiger charge is -2.23. The Labute approximate surface area is 175 Å². The van der Waals surface area contributed by atoms with E-state index in [1.54, 1.807) is 40.1 Å². The fraction of sp³-hybridized carbons (Fsp3) is 0.364. The summed E-state index contributed by atoms with van der Waals surface area (Å²) in [5.41, 5.74) is 0.687. The Morgan fingerprint density at radius 2 is 1.40 bits per heavy atom. The predicted molar refractivity (Wildman–Crippen MR) is 111 cm³/mol. The van der Waals surface area contributed by atoms with Gasteiger partial charge in [0.25, 0.3) is 11.8 Å². The van der Waals surface area contributed by atoms with E-state index in [4.69, 9.17) is 14.2 Å². The summed E-state index contributed by atoms with van der Waals surface area (Å²) in [5, 5.41) is 9.97. The second kappa shape index (κ2) is 9.39. The van der Waals surface area contributed by atoms with Gasteiger partial charge >= 0.3 is 0 Å². The van der Waals surface area contributed by atoms with E-state index in [2.05, 4.69) is 0 Å². The van der Waals surface area contributed by atoms with Crippen LogP contribution in [0.2, 0.25) is 0 Å². The van der Waals surface area contributed by atoms with Gasteiger partial charge in [-0.2, -0.15) is 0 Å². The first kappa shape index (κ1) is 21.3. The van der Waals surface area contributed by atoms with Crippen LogP contribution in [0, 0.1) is 0 Å². The molecular formula is C22H26N2O6. The molecule has 2 amide bonds. The average molecular weight is 414 g/mol. The van der Waals surface area contributed by atoms with E-state index in [0.717, 1.165) is 0 Å². The molecule has 0 aliphatic carbocycles. The number of benzene rings is 2. The van der Waals surface area contributed by atoms with Crippen molar-refractivity contribution in [3.63, 3.8) is 0 Å². The van der Waals surface area contributed by atoms with Crippen molar-refractivity contribution < 1.29 is 28.9 Å². The minimum Gasteiger partial charge on any atom is -0.507 e. The third kappa shape index (κ3) is 4.27. The number of nitrogens with zero attached hydrogens (tertiary/aromatic N) is 2. The quantitative estimate of drug-likeness (QED) is 0.808. The van der Waals surface area contributed by atoms with Gasteiger partial charge in [0, 0.05) is 31.7 Å². The zero-order valence-corrected chi connectivity index (χ0v) is 17.4. The second-order valence-corrected chi connectivity index (χ2v) is 6.87. The Kier molecular flexibility index (Phi) is 6.66. The van der Waals surface area contributed by atoms with E-state index in [9.17, 15) is 14.7 Å². The topological polar surface area (TPSA) is 88.5 Å². The highest BCUT2D eigenvalue weighted by atomic mass is 16.5. The Bertz CT molecular complexity index is 905. The van der Waals surface area contributed by atoms with Gasteiger partial charge in [-0.15, -0.1) is 0 Å². The number of hydrogen-bond acceptors (Lipinski definition) is 6. The van der Waals surface area contributed by atoms with E-state index in [1.165, 1.54) is 27.4 Å². The lowest BCUT2D eigenvalue weighted by atomic mass is 10.1. The summed E-state index contributed by atoms with van der Waals surface area (Å²) in [6.07, 6.45) is 0.634. The van der Waals surface area contributed by atoms with Crippen LogP contribution < -0.4 is 14.2 Å². The molecule has 1 N–H and O–H groups in total. The van der Waals surface area contributed by atoms with Gasteiger partial charge < -0.3 is 29.1 Å². The molecule has 0 saturated carbocycles. The number of aromatic hydroxyl groups is 1. The highest BCUT2D eigenvalue weighted by molar-refractivity contribution is 5.97. The van der Waals surface area contributed by atoms with Crippen molar-refractivity contribution in [1.29, 1.82) is 0 Å². The molecule has 1 fully saturated rings. The van der Waals surface area contributed by atoms with Crippen LogP contribution in [0.3, 0.4) is 0 Å². The first-order valence-electron chi connectivity index (χ1n) is 9.66. The van der Waals surface area contributed by atoms with E-state index < -0.39 is 0 Å². The molecule has 2 aromatic rings. The number of ether oxygens (including phenoxy) is 3. The molecule has 8 nitrogen and oxygen atoms in total. The molecule has 30 heavy (non-hydrogen) atoms. The van der Waals surface area contributed by atoms with E-state index in [1.807, 2.05) is 0 Å². The van der Waals surface area contributed by atoms with Crippen molar-refractivity contribution in [2.24, 2.45) is 0 Å². The molecule has 1 saturated heterocycles. The fourth-order valence-corrected chi connectivity index (χ4v) is 3.54. The second-order valence-electron chi connectivity index (χ2n) is 6.87. The molecule has 1 aliphatic rings. The summed E-state index contributed by atoms with van der Waals surface area (Å²) < 4.78 is 16.0. The number of hydrogen-bond donors (Lipinski definition) is 1. The number of amides is 2. The maximum Gasteiger partial charge on any atom is 0.257 e. The van der Waals surface area contributed by atoms with Crippen LogP contribution in [0.4, 0.5) is 0 Å². The minimum atomic E-state index is -0.241. The Balaban J connectivity index is 1.76. The summed E-state index contributed by atoms with van der Waals surface area (Å²) in [5.74, 6) is 0.781. The Hall–Kier alpha value is -3.42. The lowest BCUT2D eigenvalue weighted by Crippen LogP contribution is -2.37. The number of para-hydroxylation sites is 1. The molecule has 0 radical (unpaired) electrons. The standard InChI is InChI=1S/C22H26N2O6/c1-28-18-13-15(14-19(29-2)20(18)30-3)21(26)23-9-6-10-24(12-11-23)22(27)16-7-4-5-8-17(16)25/h4-5,7-8,13-14,25H,6,9-12H2,1-3H3. The first-order valence-corrected chi connectivity index (χ1v) is 9.66. The van der Waals surface area contributed by atoms with Crippen molar-refractivity contribution in [2.45, 2.75) is 6.42 Å². The van der Waals surface area contributed by atoms with Gasteiger partial charge in [0.05, 0.1) is 26.9 Å². The number of phenols is 1. The van der Waals surface area contributed by atoms with Crippen molar-refractivity contribution in [3.05, 3.63) is 47.5 Å². The largest absolute Gasteiger partial charge is 0.507 e. The number of carbonyl (C=O) groups excluding carboxylic acids is 2. The minimum absolute atomic E-state index is 0.0443. The summed E-state index contributed by atoms with van der Waals surface area (Å²) in [6, 6.07) is 9.73. The summed E-state index contributed by atoms with van der Waals surface area (Å²) in [6.45, 7) is 1.78. The van der Waals surface area contributed by atoms with Gasteiger partial charge in [-0.3, -0.25) is 9.59 Å². The number of carbonyl (C=O) groups is 2. The highest BCUT2D eigenvalue weighted by Gasteiger charge is 2.26. The monoisotopic (exact) mass is 414 g/mol. The Morgan fingerprint density at radius 1 is 0.833 bits per heavy atom. The van der Waals surface area contributed by atoms with Crippen LogP contribution in [0.15, 0.2) is 36.4 Å². The molecular weight excluding hydrogens is 388 g/mol. The third-order valence-electron chi connectivity index (χ3n) is 5.12. The highest BCUT2D eigenvalue weighted by Crippen LogP contribution is 2.38. The molecule has 0 spiro atoms. The van der Waals surface area contributed by atoms with E-state index in [-0.39, 0.29) is 23.1 Å². The van der Waals surface area contributed by atoms with Gasteiger partial charge in [-0.25, -0.2) is 0 Å². The van der Waals surface area contributed by atoms with Gasteiger partial charge in [0.1, 0.15) is 5.75 Å². The molecule has 160 valence electrons. The first-order chi connectivity index (χ1) is 14.5. The van der Waals surface area contributed by atoms with Crippen LogP contribution in [-0.4, -0.2) is 74.2 Å². The van der Waals surface area contributed by atoms with Gasteiger partial charge in [0.2, 0.25) is 5.75 Å². The molecule has 3 rings (SSSR count). The van der Waals surface area contributed by atoms with Gasteiger partial charge in [-0.1, -0.05) is 12.1 Å². The van der Waals surface area contributed by atoms with Crippen molar-refractivity contribution >= 4 is 11.8 Å². The normalized spacial score (nSPS) is 14.1. The maximum atomic E-state index is 13.1. The molecule has 8 heteroatoms. The third-order valence-corrected chi connectivity index (χ3v) is 5.12. The van der Waals surface area contributed by atoms with Crippen molar-refractivity contribution in [1.82, 2.24) is 9.80 Å². The lowest BCUT2D eigenvalue weighted by molar-refractivity contribution is 0.0716. The average Bonchev–Trinajstić information content (AvgIpc) is 3.03. The van der Waals surface area contributed by atoms with Gasteiger partial charge in [0.15, 0.2) is 11.5 Å². The zero-order chi connectivity index (χ0) is 21.7. The summed E-state index contributed by atoms with van der Waals surface area (Å²) in [4.78, 5) is 29.3. The fourth-order valence-electron chi connectivity index (χ4n) is 3.54. The zero-order valence-electron chi connectivity index (χ0n) is 17.4. The van der Waals surface area contributed by atoms with Crippen LogP contribution in [0.25, 0.3) is 0 Å². The SMILES string of the molecule is COc1cc(C(=O)N2CCCN(C(=O)c3ccccc3O)CC2)cc(OC)c1OC. The van der Waals surface area contributed by atoms with E-state index >= 15 is 0 Å².